The molecule has 4 aliphatic carbocycles. The fourth-order valence-electron chi connectivity index (χ4n) is 7.36. The van der Waals surface area contributed by atoms with Gasteiger partial charge in [0.2, 0.25) is 0 Å². The molecule has 4 saturated carbocycles. The van der Waals surface area contributed by atoms with Crippen molar-refractivity contribution < 1.29 is 15.3 Å². The van der Waals surface area contributed by atoms with Crippen molar-refractivity contribution in [3.63, 3.8) is 0 Å². The van der Waals surface area contributed by atoms with Gasteiger partial charge in [-0.2, -0.15) is 0 Å². The average molecular weight is 308 g/mol. The van der Waals surface area contributed by atoms with Crippen LogP contribution < -0.4 is 0 Å². The Labute approximate surface area is 134 Å². The smallest absolute Gasteiger partial charge is 0.195 e. The van der Waals surface area contributed by atoms with Crippen molar-refractivity contribution in [2.75, 3.05) is 0 Å². The summed E-state index contributed by atoms with van der Waals surface area (Å²) in [4.78, 5) is 0. The monoisotopic (exact) mass is 308 g/mol. The Balaban J connectivity index is 1.72. The first-order valence-electron chi connectivity index (χ1n) is 9.43. The maximum atomic E-state index is 10.8. The number of hydrogen-bond acceptors (Lipinski definition) is 3. The van der Waals surface area contributed by atoms with Crippen LogP contribution in [0.25, 0.3) is 0 Å². The van der Waals surface area contributed by atoms with Crippen LogP contribution in [0.2, 0.25) is 0 Å². The van der Waals surface area contributed by atoms with E-state index in [2.05, 4.69) is 13.8 Å². The molecule has 0 radical (unpaired) electrons. The summed E-state index contributed by atoms with van der Waals surface area (Å²) < 4.78 is 0. The highest BCUT2D eigenvalue weighted by Crippen LogP contribution is 2.67. The van der Waals surface area contributed by atoms with E-state index in [1.807, 2.05) is 0 Å². The Kier molecular flexibility index (Phi) is 3.30. The van der Waals surface area contributed by atoms with Gasteiger partial charge in [0.05, 0.1) is 0 Å². The molecule has 126 valence electrons. The minimum Gasteiger partial charge on any atom is -0.387 e. The molecule has 7 atom stereocenters. The lowest BCUT2D eigenvalue weighted by Gasteiger charge is -2.64. The molecule has 0 aromatic rings. The summed E-state index contributed by atoms with van der Waals surface area (Å²) in [6, 6.07) is 0. The maximum absolute atomic E-state index is 10.8. The fraction of sp³-hybridized carbons (Fsp3) is 1.00. The van der Waals surface area contributed by atoms with E-state index in [0.29, 0.717) is 29.6 Å². The fourth-order valence-corrected chi connectivity index (χ4v) is 7.36. The third kappa shape index (κ3) is 1.74. The van der Waals surface area contributed by atoms with Crippen LogP contribution in [0.15, 0.2) is 0 Å². The molecular weight excluding hydrogens is 276 g/mol. The highest BCUT2D eigenvalue weighted by Gasteiger charge is 2.66. The normalized spacial score (nSPS) is 56.9. The van der Waals surface area contributed by atoms with Crippen LogP contribution in [-0.2, 0) is 0 Å². The summed E-state index contributed by atoms with van der Waals surface area (Å²) in [7, 11) is 0. The summed E-state index contributed by atoms with van der Waals surface area (Å²) in [6.07, 6.45) is 9.24. The molecular formula is C19H32O3. The van der Waals surface area contributed by atoms with Crippen LogP contribution >= 0.6 is 0 Å². The minimum atomic E-state index is -1.91. The van der Waals surface area contributed by atoms with Gasteiger partial charge in [-0.15, -0.1) is 0 Å². The molecule has 3 heteroatoms. The molecule has 0 saturated heterocycles. The van der Waals surface area contributed by atoms with Gasteiger partial charge in [-0.05, 0) is 80.5 Å². The summed E-state index contributed by atoms with van der Waals surface area (Å²) >= 11 is 0. The topological polar surface area (TPSA) is 60.7 Å². The van der Waals surface area contributed by atoms with E-state index >= 15 is 0 Å². The minimum absolute atomic E-state index is 0.359. The molecule has 3 N–H and O–H groups in total. The first-order chi connectivity index (χ1) is 10.3. The van der Waals surface area contributed by atoms with Crippen molar-refractivity contribution in [1.82, 2.24) is 0 Å². The zero-order chi connectivity index (χ0) is 15.8. The van der Waals surface area contributed by atoms with Crippen LogP contribution in [-0.4, -0.2) is 27.2 Å². The van der Waals surface area contributed by atoms with Gasteiger partial charge in [0.15, 0.2) is 5.79 Å². The standard InChI is InChI=1S/C19H32O3/c1-17-10-3-4-14(17)13-7-5-12-6-8-16(20)19(21,22)18(12,2)15(13)9-11-17/h12-16,20-22H,3-11H2,1-2H3/t12-,13+,14+,15+,16?,17+,18+/m1/s1. The molecule has 0 aromatic carbocycles. The van der Waals surface area contributed by atoms with Gasteiger partial charge in [0.25, 0.3) is 0 Å². The predicted octanol–water partition coefficient (Wildman–Crippen LogP) is 3.07. The zero-order valence-corrected chi connectivity index (χ0v) is 14.1. The van der Waals surface area contributed by atoms with E-state index in [0.717, 1.165) is 25.2 Å². The number of hydrogen-bond donors (Lipinski definition) is 3. The molecule has 1 unspecified atom stereocenters. The third-order valence-electron chi connectivity index (χ3n) is 8.73. The molecule has 0 amide bonds. The number of aliphatic hydroxyl groups excluding tert-OH is 1. The second kappa shape index (κ2) is 4.70. The van der Waals surface area contributed by atoms with Crippen molar-refractivity contribution in [3.8, 4) is 0 Å². The largest absolute Gasteiger partial charge is 0.387 e. The van der Waals surface area contributed by atoms with Crippen LogP contribution in [0, 0.1) is 34.5 Å². The number of fused-ring (bicyclic) bond motifs is 5. The van der Waals surface area contributed by atoms with Crippen molar-refractivity contribution in [1.29, 1.82) is 0 Å². The van der Waals surface area contributed by atoms with Gasteiger partial charge < -0.3 is 15.3 Å². The van der Waals surface area contributed by atoms with Crippen LogP contribution in [0.5, 0.6) is 0 Å². The molecule has 4 fully saturated rings. The maximum Gasteiger partial charge on any atom is 0.195 e. The SMILES string of the molecule is C[C@@]12CCC[C@H]1[C@@H]1CC[C@@H]3CCC(O)C(O)(O)[C@]3(C)[C@H]1CC2. The molecule has 0 aromatic heterocycles. The Hall–Kier alpha value is -0.120. The van der Waals surface area contributed by atoms with E-state index in [-0.39, 0.29) is 0 Å². The zero-order valence-electron chi connectivity index (χ0n) is 14.1. The Morgan fingerprint density at radius 2 is 1.55 bits per heavy atom. The number of rotatable bonds is 0. The quantitative estimate of drug-likeness (QED) is 0.603. The van der Waals surface area contributed by atoms with Gasteiger partial charge in [0, 0.05) is 5.41 Å². The van der Waals surface area contributed by atoms with Gasteiger partial charge in [-0.25, -0.2) is 0 Å². The van der Waals surface area contributed by atoms with E-state index in [1.54, 1.807) is 0 Å². The lowest BCUT2D eigenvalue weighted by atomic mass is 9.43. The van der Waals surface area contributed by atoms with E-state index in [9.17, 15) is 15.3 Å². The lowest BCUT2D eigenvalue weighted by Crippen LogP contribution is -2.67. The molecule has 3 nitrogen and oxygen atoms in total. The molecule has 22 heavy (non-hydrogen) atoms. The summed E-state index contributed by atoms with van der Waals surface area (Å²) in [6.45, 7) is 4.55. The summed E-state index contributed by atoms with van der Waals surface area (Å²) in [5.41, 5.74) is -0.0390. The molecule has 0 bridgehead atoms. The molecule has 0 aliphatic heterocycles. The lowest BCUT2D eigenvalue weighted by molar-refractivity contribution is -0.348. The predicted molar refractivity (Wildman–Crippen MR) is 84.9 cm³/mol. The van der Waals surface area contributed by atoms with E-state index in [1.165, 1.54) is 32.1 Å². The van der Waals surface area contributed by atoms with Gasteiger partial charge in [-0.3, -0.25) is 0 Å². The molecule has 4 rings (SSSR count). The first kappa shape index (κ1) is 15.4. The van der Waals surface area contributed by atoms with Crippen LogP contribution in [0.4, 0.5) is 0 Å². The molecule has 4 aliphatic rings. The first-order valence-corrected chi connectivity index (χ1v) is 9.43. The van der Waals surface area contributed by atoms with Crippen molar-refractivity contribution >= 4 is 0 Å². The second-order valence-electron chi connectivity index (χ2n) is 9.34. The highest BCUT2D eigenvalue weighted by atomic mass is 16.5. The van der Waals surface area contributed by atoms with E-state index < -0.39 is 17.3 Å². The van der Waals surface area contributed by atoms with Crippen molar-refractivity contribution in [2.24, 2.45) is 34.5 Å². The Bertz CT molecular complexity index is 462. The summed E-state index contributed by atoms with van der Waals surface area (Å²) in [5.74, 6) is 0.210. The van der Waals surface area contributed by atoms with Crippen LogP contribution in [0.3, 0.4) is 0 Å². The van der Waals surface area contributed by atoms with Gasteiger partial charge >= 0.3 is 0 Å². The highest BCUT2D eigenvalue weighted by molar-refractivity contribution is 5.12. The number of aliphatic hydroxyl groups is 3. The summed E-state index contributed by atoms with van der Waals surface area (Å²) in [5, 5.41) is 32.0. The van der Waals surface area contributed by atoms with E-state index in [4.69, 9.17) is 0 Å². The van der Waals surface area contributed by atoms with Crippen molar-refractivity contribution in [2.45, 2.75) is 83.5 Å². The van der Waals surface area contributed by atoms with Crippen LogP contribution in [0.1, 0.15) is 71.6 Å². The Morgan fingerprint density at radius 3 is 2.32 bits per heavy atom. The van der Waals surface area contributed by atoms with Gasteiger partial charge in [0.1, 0.15) is 6.10 Å². The van der Waals surface area contributed by atoms with Crippen molar-refractivity contribution in [3.05, 3.63) is 0 Å². The molecule has 0 spiro atoms. The Morgan fingerprint density at radius 1 is 0.818 bits per heavy atom. The second-order valence-corrected chi connectivity index (χ2v) is 9.34. The third-order valence-corrected chi connectivity index (χ3v) is 8.73. The average Bonchev–Trinajstić information content (AvgIpc) is 2.86. The molecule has 0 heterocycles. The van der Waals surface area contributed by atoms with Gasteiger partial charge in [-0.1, -0.05) is 20.3 Å².